The van der Waals surface area contributed by atoms with Gasteiger partial charge in [-0.3, -0.25) is 10.1 Å². The molecule has 21 heavy (non-hydrogen) atoms. The van der Waals surface area contributed by atoms with Crippen molar-refractivity contribution in [3.63, 3.8) is 0 Å². The van der Waals surface area contributed by atoms with Gasteiger partial charge >= 0.3 is 5.69 Å². The Morgan fingerprint density at radius 3 is 2.38 bits per heavy atom. The molecule has 0 aromatic heterocycles. The SMILES string of the molecule is CCCOc1cccc(OCCCNC(C)C)c1[N+](=O)[O-]. The van der Waals surface area contributed by atoms with Crippen molar-refractivity contribution in [2.75, 3.05) is 19.8 Å². The third-order valence-electron chi connectivity index (χ3n) is 2.74. The monoisotopic (exact) mass is 296 g/mol. The third kappa shape index (κ3) is 5.99. The number of nitro groups is 1. The average molecular weight is 296 g/mol. The van der Waals surface area contributed by atoms with E-state index >= 15 is 0 Å². The molecule has 0 radical (unpaired) electrons. The summed E-state index contributed by atoms with van der Waals surface area (Å²) in [6.45, 7) is 7.78. The van der Waals surface area contributed by atoms with Gasteiger partial charge in [-0.1, -0.05) is 26.8 Å². The van der Waals surface area contributed by atoms with E-state index in [0.29, 0.717) is 19.3 Å². The van der Waals surface area contributed by atoms with Gasteiger partial charge in [0.15, 0.2) is 0 Å². The average Bonchev–Trinajstić information content (AvgIpc) is 2.44. The highest BCUT2D eigenvalue weighted by Gasteiger charge is 2.22. The van der Waals surface area contributed by atoms with Crippen LogP contribution in [0.5, 0.6) is 11.5 Å². The van der Waals surface area contributed by atoms with E-state index in [1.807, 2.05) is 6.92 Å². The second-order valence-corrected chi connectivity index (χ2v) is 5.02. The number of nitro benzene ring substituents is 1. The van der Waals surface area contributed by atoms with Crippen LogP contribution < -0.4 is 14.8 Å². The first-order chi connectivity index (χ1) is 10.1. The first kappa shape index (κ1) is 17.2. The Balaban J connectivity index is 2.65. The molecule has 1 rings (SSSR count). The fraction of sp³-hybridized carbons (Fsp3) is 0.600. The molecule has 0 fully saturated rings. The maximum Gasteiger partial charge on any atom is 0.352 e. The number of para-hydroxylation sites is 1. The third-order valence-corrected chi connectivity index (χ3v) is 2.74. The topological polar surface area (TPSA) is 73.6 Å². The van der Waals surface area contributed by atoms with E-state index < -0.39 is 4.92 Å². The number of benzene rings is 1. The van der Waals surface area contributed by atoms with Crippen LogP contribution in [0.3, 0.4) is 0 Å². The highest BCUT2D eigenvalue weighted by Crippen LogP contribution is 2.36. The van der Waals surface area contributed by atoms with Gasteiger partial charge in [0.25, 0.3) is 0 Å². The van der Waals surface area contributed by atoms with Crippen molar-refractivity contribution in [2.45, 2.75) is 39.7 Å². The summed E-state index contributed by atoms with van der Waals surface area (Å²) < 4.78 is 11.0. The quantitative estimate of drug-likeness (QED) is 0.408. The van der Waals surface area contributed by atoms with Crippen LogP contribution in [0.1, 0.15) is 33.6 Å². The van der Waals surface area contributed by atoms with Crippen molar-refractivity contribution < 1.29 is 14.4 Å². The molecule has 0 saturated carbocycles. The molecule has 0 aliphatic rings. The van der Waals surface area contributed by atoms with Crippen LogP contribution in [-0.2, 0) is 0 Å². The number of hydrogen-bond donors (Lipinski definition) is 1. The van der Waals surface area contributed by atoms with Crippen LogP contribution in [0.25, 0.3) is 0 Å². The summed E-state index contributed by atoms with van der Waals surface area (Å²) >= 11 is 0. The van der Waals surface area contributed by atoms with Crippen LogP contribution in [0.2, 0.25) is 0 Å². The summed E-state index contributed by atoms with van der Waals surface area (Å²) in [4.78, 5) is 10.8. The van der Waals surface area contributed by atoms with E-state index in [-0.39, 0.29) is 17.2 Å². The molecule has 1 aromatic carbocycles. The summed E-state index contributed by atoms with van der Waals surface area (Å²) in [5.74, 6) is 0.526. The van der Waals surface area contributed by atoms with Gasteiger partial charge in [-0.2, -0.15) is 0 Å². The fourth-order valence-electron chi connectivity index (χ4n) is 1.77. The van der Waals surface area contributed by atoms with Gasteiger partial charge in [-0.25, -0.2) is 0 Å². The Labute approximate surface area is 125 Å². The van der Waals surface area contributed by atoms with Crippen LogP contribution >= 0.6 is 0 Å². The van der Waals surface area contributed by atoms with Gasteiger partial charge in [0.05, 0.1) is 18.1 Å². The maximum atomic E-state index is 11.2. The smallest absolute Gasteiger partial charge is 0.352 e. The summed E-state index contributed by atoms with van der Waals surface area (Å²) in [6.07, 6.45) is 1.58. The number of nitrogens with one attached hydrogen (secondary N) is 1. The molecule has 0 aliphatic carbocycles. The van der Waals surface area contributed by atoms with E-state index in [4.69, 9.17) is 9.47 Å². The Bertz CT molecular complexity index is 449. The van der Waals surface area contributed by atoms with E-state index in [1.54, 1.807) is 18.2 Å². The minimum Gasteiger partial charge on any atom is -0.487 e. The molecule has 6 nitrogen and oxygen atoms in total. The number of hydrogen-bond acceptors (Lipinski definition) is 5. The van der Waals surface area contributed by atoms with Crippen LogP contribution in [0.15, 0.2) is 18.2 Å². The molecule has 0 atom stereocenters. The zero-order valence-electron chi connectivity index (χ0n) is 12.9. The van der Waals surface area contributed by atoms with Crippen molar-refractivity contribution in [1.29, 1.82) is 0 Å². The highest BCUT2D eigenvalue weighted by molar-refractivity contribution is 5.57. The standard InChI is InChI=1S/C15H24N2O4/c1-4-10-20-13-7-5-8-14(15(13)17(18)19)21-11-6-9-16-12(2)3/h5,7-8,12,16H,4,6,9-11H2,1-3H3. The van der Waals surface area contributed by atoms with Crippen LogP contribution in [0.4, 0.5) is 5.69 Å². The number of nitrogens with zero attached hydrogens (tertiary/aromatic N) is 1. The molecule has 0 heterocycles. The Morgan fingerprint density at radius 2 is 1.86 bits per heavy atom. The lowest BCUT2D eigenvalue weighted by Gasteiger charge is -2.11. The second kappa shape index (κ2) is 9.18. The summed E-state index contributed by atoms with van der Waals surface area (Å²) in [7, 11) is 0. The largest absolute Gasteiger partial charge is 0.487 e. The number of rotatable bonds is 10. The van der Waals surface area contributed by atoms with Crippen molar-refractivity contribution in [3.05, 3.63) is 28.3 Å². The Kier molecular flexibility index (Phi) is 7.53. The van der Waals surface area contributed by atoms with Crippen molar-refractivity contribution >= 4 is 5.69 Å². The van der Waals surface area contributed by atoms with E-state index in [1.165, 1.54) is 0 Å². The van der Waals surface area contributed by atoms with Gasteiger partial charge in [-0.15, -0.1) is 0 Å². The molecule has 0 amide bonds. The normalized spacial score (nSPS) is 10.7. The molecule has 0 unspecified atom stereocenters. The zero-order valence-corrected chi connectivity index (χ0v) is 12.9. The van der Waals surface area contributed by atoms with Gasteiger partial charge in [-0.05, 0) is 31.5 Å². The molecular weight excluding hydrogens is 272 g/mol. The Morgan fingerprint density at radius 1 is 1.24 bits per heavy atom. The lowest BCUT2D eigenvalue weighted by Crippen LogP contribution is -2.24. The summed E-state index contributed by atoms with van der Waals surface area (Å²) in [5, 5.41) is 14.5. The minimum atomic E-state index is -0.452. The molecule has 1 aromatic rings. The molecule has 118 valence electrons. The van der Waals surface area contributed by atoms with Crippen LogP contribution in [-0.4, -0.2) is 30.7 Å². The van der Waals surface area contributed by atoms with Crippen molar-refractivity contribution in [3.8, 4) is 11.5 Å². The molecule has 1 N–H and O–H groups in total. The maximum absolute atomic E-state index is 11.2. The molecule has 0 saturated heterocycles. The first-order valence-corrected chi connectivity index (χ1v) is 7.32. The van der Waals surface area contributed by atoms with Crippen molar-refractivity contribution in [1.82, 2.24) is 5.32 Å². The fourth-order valence-corrected chi connectivity index (χ4v) is 1.77. The Hall–Kier alpha value is -1.82. The van der Waals surface area contributed by atoms with E-state index in [2.05, 4.69) is 19.2 Å². The summed E-state index contributed by atoms with van der Waals surface area (Å²) in [6, 6.07) is 5.33. The molecule has 0 aliphatic heterocycles. The lowest BCUT2D eigenvalue weighted by molar-refractivity contribution is -0.386. The van der Waals surface area contributed by atoms with Crippen LogP contribution in [0, 0.1) is 10.1 Å². The minimum absolute atomic E-state index is 0.0947. The predicted octanol–water partition coefficient (Wildman–Crippen LogP) is 3.15. The van der Waals surface area contributed by atoms with E-state index in [0.717, 1.165) is 19.4 Å². The predicted molar refractivity (Wildman–Crippen MR) is 82.1 cm³/mol. The van der Waals surface area contributed by atoms with E-state index in [9.17, 15) is 10.1 Å². The summed E-state index contributed by atoms with van der Waals surface area (Å²) in [5.41, 5.74) is -0.0947. The number of ether oxygens (including phenoxy) is 2. The van der Waals surface area contributed by atoms with Crippen molar-refractivity contribution in [2.24, 2.45) is 0 Å². The lowest BCUT2D eigenvalue weighted by atomic mass is 10.2. The van der Waals surface area contributed by atoms with Gasteiger partial charge in [0, 0.05) is 6.04 Å². The van der Waals surface area contributed by atoms with Gasteiger partial charge < -0.3 is 14.8 Å². The molecule has 0 spiro atoms. The second-order valence-electron chi connectivity index (χ2n) is 5.02. The highest BCUT2D eigenvalue weighted by atomic mass is 16.6. The zero-order chi connectivity index (χ0) is 15.7. The molecule has 0 bridgehead atoms. The first-order valence-electron chi connectivity index (χ1n) is 7.32. The van der Waals surface area contributed by atoms with Gasteiger partial charge in [0.1, 0.15) is 0 Å². The molecule has 6 heteroatoms. The van der Waals surface area contributed by atoms with Gasteiger partial charge in [0.2, 0.25) is 11.5 Å². The molecular formula is C15H24N2O4.